The summed E-state index contributed by atoms with van der Waals surface area (Å²) in [5.74, 6) is 1.23. The van der Waals surface area contributed by atoms with E-state index in [4.69, 9.17) is 9.47 Å². The van der Waals surface area contributed by atoms with Gasteiger partial charge in [-0.15, -0.1) is 0 Å². The molecule has 0 aromatic heterocycles. The summed E-state index contributed by atoms with van der Waals surface area (Å²) in [7, 11) is 1.61. The van der Waals surface area contributed by atoms with Crippen molar-refractivity contribution in [1.29, 1.82) is 0 Å². The molecule has 114 valence electrons. The molecule has 0 amide bonds. The lowest BCUT2D eigenvalue weighted by molar-refractivity contribution is 0.104. The number of halogens is 1. The topological polar surface area (TPSA) is 35.5 Å². The first kappa shape index (κ1) is 16.3. The van der Waals surface area contributed by atoms with E-state index >= 15 is 0 Å². The molecule has 2 aromatic carbocycles. The van der Waals surface area contributed by atoms with Gasteiger partial charge in [0.25, 0.3) is 0 Å². The Bertz CT molecular complexity index is 665. The van der Waals surface area contributed by atoms with Crippen LogP contribution < -0.4 is 9.47 Å². The molecule has 0 heterocycles. The van der Waals surface area contributed by atoms with Crippen molar-refractivity contribution in [1.82, 2.24) is 0 Å². The minimum atomic E-state index is -0.101. The highest BCUT2D eigenvalue weighted by molar-refractivity contribution is 9.09. The molecule has 0 radical (unpaired) electrons. The predicted molar refractivity (Wildman–Crippen MR) is 92.1 cm³/mol. The van der Waals surface area contributed by atoms with E-state index in [-0.39, 0.29) is 5.78 Å². The minimum absolute atomic E-state index is 0.101. The Morgan fingerprint density at radius 1 is 1.09 bits per heavy atom. The number of carbonyl (C=O) groups excluding carboxylic acids is 1. The van der Waals surface area contributed by atoms with Gasteiger partial charge in [0.05, 0.1) is 19.3 Å². The first-order valence-electron chi connectivity index (χ1n) is 6.89. The molecular formula is C18H17BrO3. The fourth-order valence-corrected chi connectivity index (χ4v) is 2.17. The molecule has 2 rings (SSSR count). The van der Waals surface area contributed by atoms with Crippen LogP contribution in [-0.2, 0) is 0 Å². The molecule has 0 unspecified atom stereocenters. The van der Waals surface area contributed by atoms with Crippen LogP contribution in [0.4, 0.5) is 0 Å². The summed E-state index contributed by atoms with van der Waals surface area (Å²) in [6.45, 7) is 0.514. The highest BCUT2D eigenvalue weighted by Crippen LogP contribution is 2.22. The average molecular weight is 361 g/mol. The molecule has 0 N–H and O–H groups in total. The van der Waals surface area contributed by atoms with Crippen LogP contribution >= 0.6 is 15.9 Å². The number of allylic oxidation sites excluding steroid dienone is 1. The molecule has 0 saturated carbocycles. The van der Waals surface area contributed by atoms with Crippen LogP contribution in [0.5, 0.6) is 11.5 Å². The van der Waals surface area contributed by atoms with E-state index in [0.717, 1.165) is 11.3 Å². The van der Waals surface area contributed by atoms with Crippen molar-refractivity contribution >= 4 is 27.8 Å². The third kappa shape index (κ3) is 4.21. The van der Waals surface area contributed by atoms with E-state index in [0.29, 0.717) is 23.2 Å². The van der Waals surface area contributed by atoms with E-state index in [1.807, 2.05) is 36.4 Å². The number of rotatable bonds is 7. The van der Waals surface area contributed by atoms with Gasteiger partial charge in [-0.05, 0) is 30.4 Å². The van der Waals surface area contributed by atoms with Gasteiger partial charge in [0.1, 0.15) is 11.5 Å². The van der Waals surface area contributed by atoms with Crippen molar-refractivity contribution in [3.8, 4) is 11.5 Å². The van der Waals surface area contributed by atoms with Gasteiger partial charge in [-0.1, -0.05) is 46.3 Å². The third-order valence-corrected chi connectivity index (χ3v) is 3.36. The Hall–Kier alpha value is -2.07. The summed E-state index contributed by atoms with van der Waals surface area (Å²) in [6.07, 6.45) is 3.29. The maximum atomic E-state index is 12.4. The van der Waals surface area contributed by atoms with E-state index in [1.165, 1.54) is 6.08 Å². The summed E-state index contributed by atoms with van der Waals surface area (Å²) in [5.41, 5.74) is 1.41. The van der Waals surface area contributed by atoms with Gasteiger partial charge in [0.2, 0.25) is 0 Å². The van der Waals surface area contributed by atoms with Gasteiger partial charge < -0.3 is 9.47 Å². The lowest BCUT2D eigenvalue weighted by Crippen LogP contribution is -2.04. The molecule has 0 saturated heterocycles. The van der Waals surface area contributed by atoms with Crippen LogP contribution in [0.3, 0.4) is 0 Å². The van der Waals surface area contributed by atoms with Gasteiger partial charge in [0, 0.05) is 10.9 Å². The lowest BCUT2D eigenvalue weighted by atomic mass is 10.1. The van der Waals surface area contributed by atoms with Gasteiger partial charge in [-0.2, -0.15) is 0 Å². The van der Waals surface area contributed by atoms with Crippen LogP contribution in [0.15, 0.2) is 54.6 Å². The Labute approximate surface area is 138 Å². The summed E-state index contributed by atoms with van der Waals surface area (Å²) < 4.78 is 10.8. The Balaban J connectivity index is 2.20. The summed E-state index contributed by atoms with van der Waals surface area (Å²) in [4.78, 5) is 12.4. The van der Waals surface area contributed by atoms with Gasteiger partial charge in [-0.25, -0.2) is 0 Å². The first-order chi connectivity index (χ1) is 10.8. The second kappa shape index (κ2) is 8.39. The number of hydrogen-bond acceptors (Lipinski definition) is 3. The number of para-hydroxylation sites is 2. The molecular weight excluding hydrogens is 344 g/mol. The number of methoxy groups -OCH3 is 1. The molecule has 0 bridgehead atoms. The standard InChI is InChI=1S/C18H17BrO3/c1-21-17-8-4-2-6-14(17)10-11-16(20)15-7-3-5-9-18(15)22-13-12-19/h2-11H,12-13H2,1H3. The summed E-state index contributed by atoms with van der Waals surface area (Å²) >= 11 is 3.31. The molecule has 0 aliphatic heterocycles. The summed E-state index contributed by atoms with van der Waals surface area (Å²) in [5, 5.41) is 0.715. The Kier molecular flexibility index (Phi) is 6.22. The zero-order valence-electron chi connectivity index (χ0n) is 12.3. The molecule has 4 heteroatoms. The highest BCUT2D eigenvalue weighted by Gasteiger charge is 2.09. The van der Waals surface area contributed by atoms with Crippen molar-refractivity contribution < 1.29 is 14.3 Å². The Morgan fingerprint density at radius 2 is 1.77 bits per heavy atom. The quantitative estimate of drug-likeness (QED) is 0.418. The zero-order valence-corrected chi connectivity index (χ0v) is 13.9. The number of ether oxygens (including phenoxy) is 2. The van der Waals surface area contributed by atoms with Crippen LogP contribution in [0.2, 0.25) is 0 Å². The third-order valence-electron chi connectivity index (χ3n) is 3.04. The molecule has 0 atom stereocenters. The largest absolute Gasteiger partial charge is 0.496 e. The molecule has 0 fully saturated rings. The van der Waals surface area contributed by atoms with E-state index < -0.39 is 0 Å². The van der Waals surface area contributed by atoms with Crippen molar-refractivity contribution in [2.75, 3.05) is 19.0 Å². The fraction of sp³-hybridized carbons (Fsp3) is 0.167. The van der Waals surface area contributed by atoms with Gasteiger partial charge in [-0.3, -0.25) is 4.79 Å². The predicted octanol–water partition coefficient (Wildman–Crippen LogP) is 4.37. The van der Waals surface area contributed by atoms with Crippen molar-refractivity contribution in [2.24, 2.45) is 0 Å². The maximum Gasteiger partial charge on any atom is 0.189 e. The molecule has 22 heavy (non-hydrogen) atoms. The van der Waals surface area contributed by atoms with Crippen LogP contribution in [0, 0.1) is 0 Å². The van der Waals surface area contributed by atoms with E-state index in [9.17, 15) is 4.79 Å². The monoisotopic (exact) mass is 360 g/mol. The van der Waals surface area contributed by atoms with E-state index in [2.05, 4.69) is 15.9 Å². The number of carbonyl (C=O) groups is 1. The fourth-order valence-electron chi connectivity index (χ4n) is 2.00. The second-order valence-electron chi connectivity index (χ2n) is 4.47. The van der Waals surface area contributed by atoms with Crippen molar-refractivity contribution in [3.05, 3.63) is 65.7 Å². The lowest BCUT2D eigenvalue weighted by Gasteiger charge is -2.08. The molecule has 0 aliphatic rings. The van der Waals surface area contributed by atoms with Gasteiger partial charge in [0.15, 0.2) is 5.78 Å². The minimum Gasteiger partial charge on any atom is -0.496 e. The maximum absolute atomic E-state index is 12.4. The highest BCUT2D eigenvalue weighted by atomic mass is 79.9. The van der Waals surface area contributed by atoms with Gasteiger partial charge >= 0.3 is 0 Å². The van der Waals surface area contributed by atoms with E-state index in [1.54, 1.807) is 25.3 Å². The Morgan fingerprint density at radius 3 is 2.50 bits per heavy atom. The first-order valence-corrected chi connectivity index (χ1v) is 8.01. The molecule has 3 nitrogen and oxygen atoms in total. The molecule has 0 spiro atoms. The number of benzene rings is 2. The van der Waals surface area contributed by atoms with Crippen molar-refractivity contribution in [3.63, 3.8) is 0 Å². The SMILES string of the molecule is COc1ccccc1C=CC(=O)c1ccccc1OCCBr. The second-order valence-corrected chi connectivity index (χ2v) is 5.27. The summed E-state index contributed by atoms with van der Waals surface area (Å²) in [6, 6.07) is 14.8. The normalized spacial score (nSPS) is 10.6. The van der Waals surface area contributed by atoms with Crippen molar-refractivity contribution in [2.45, 2.75) is 0 Å². The van der Waals surface area contributed by atoms with Crippen LogP contribution in [0.1, 0.15) is 15.9 Å². The number of alkyl halides is 1. The zero-order chi connectivity index (χ0) is 15.8. The average Bonchev–Trinajstić information content (AvgIpc) is 2.58. The van der Waals surface area contributed by atoms with Crippen LogP contribution in [0.25, 0.3) is 6.08 Å². The van der Waals surface area contributed by atoms with Crippen LogP contribution in [-0.4, -0.2) is 24.8 Å². The molecule has 2 aromatic rings. The molecule has 0 aliphatic carbocycles. The number of ketones is 1. The smallest absolute Gasteiger partial charge is 0.189 e. The number of hydrogen-bond donors (Lipinski definition) is 0.